The van der Waals surface area contributed by atoms with E-state index in [9.17, 15) is 13.7 Å². The maximum atomic E-state index is 13.3. The first kappa shape index (κ1) is 17.7. The fraction of sp³-hybridized carbons (Fsp3) is 0.0952. The number of benzene rings is 3. The Labute approximate surface area is 154 Å². The third-order valence-electron chi connectivity index (χ3n) is 4.10. The van der Waals surface area contributed by atoms with Gasteiger partial charge in [-0.25, -0.2) is 8.42 Å². The molecule has 5 heteroatoms. The molecule has 3 aromatic rings. The Kier molecular flexibility index (Phi) is 5.06. The molecule has 0 spiro atoms. The van der Waals surface area contributed by atoms with Crippen LogP contribution in [0, 0.1) is 18.3 Å². The lowest BCUT2D eigenvalue weighted by Crippen LogP contribution is -2.30. The third-order valence-corrected chi connectivity index (χ3v) is 5.89. The number of sulfonamides is 1. The van der Waals surface area contributed by atoms with Crippen LogP contribution in [0.5, 0.6) is 0 Å². The number of nitriles is 1. The van der Waals surface area contributed by atoms with Gasteiger partial charge in [0.2, 0.25) is 0 Å². The van der Waals surface area contributed by atoms with E-state index in [0.29, 0.717) is 16.8 Å². The zero-order chi connectivity index (χ0) is 18.6. The largest absolute Gasteiger partial charge is 0.264 e. The van der Waals surface area contributed by atoms with Crippen LogP contribution in [0.2, 0.25) is 0 Å². The van der Waals surface area contributed by atoms with Gasteiger partial charge < -0.3 is 0 Å². The Hall–Kier alpha value is -3.10. The minimum Gasteiger partial charge on any atom is -0.262 e. The highest BCUT2D eigenvalue weighted by molar-refractivity contribution is 7.92. The lowest BCUT2D eigenvalue weighted by molar-refractivity contribution is 0.590. The van der Waals surface area contributed by atoms with Gasteiger partial charge in [0.25, 0.3) is 10.0 Å². The minimum absolute atomic E-state index is 0.0873. The number of hydrogen-bond acceptors (Lipinski definition) is 3. The average molecular weight is 362 g/mol. The second-order valence-electron chi connectivity index (χ2n) is 5.93. The maximum absolute atomic E-state index is 13.3. The molecule has 0 radical (unpaired) electrons. The van der Waals surface area contributed by atoms with Crippen molar-refractivity contribution in [2.45, 2.75) is 18.4 Å². The van der Waals surface area contributed by atoms with Gasteiger partial charge in [0.15, 0.2) is 0 Å². The van der Waals surface area contributed by atoms with Crippen LogP contribution in [0.4, 0.5) is 5.69 Å². The van der Waals surface area contributed by atoms with Crippen LogP contribution in [-0.2, 0) is 16.6 Å². The first-order chi connectivity index (χ1) is 12.5. The predicted molar refractivity (Wildman–Crippen MR) is 102 cm³/mol. The van der Waals surface area contributed by atoms with Gasteiger partial charge in [0.05, 0.1) is 28.8 Å². The Bertz CT molecular complexity index is 1040. The number of rotatable bonds is 5. The van der Waals surface area contributed by atoms with Gasteiger partial charge in [0, 0.05) is 0 Å². The molecule has 0 aromatic heterocycles. The highest BCUT2D eigenvalue weighted by atomic mass is 32.2. The number of anilines is 1. The summed E-state index contributed by atoms with van der Waals surface area (Å²) >= 11 is 0. The summed E-state index contributed by atoms with van der Waals surface area (Å²) in [7, 11) is -3.77. The molecule has 26 heavy (non-hydrogen) atoms. The van der Waals surface area contributed by atoms with Crippen molar-refractivity contribution in [1.29, 1.82) is 5.26 Å². The van der Waals surface area contributed by atoms with E-state index >= 15 is 0 Å². The molecule has 0 atom stereocenters. The standard InChI is InChI=1S/C21H18N2O2S/c1-17-11-13-20(14-12-17)23(16-19-8-6-5-7-18(19)15-22)26(24,25)21-9-3-2-4-10-21/h2-14H,16H2,1H3. The Morgan fingerprint density at radius 2 is 1.50 bits per heavy atom. The number of aryl methyl sites for hydroxylation is 1. The van der Waals surface area contributed by atoms with Gasteiger partial charge >= 0.3 is 0 Å². The van der Waals surface area contributed by atoms with Crippen LogP contribution in [0.25, 0.3) is 0 Å². The molecule has 0 bridgehead atoms. The zero-order valence-corrected chi connectivity index (χ0v) is 15.1. The Morgan fingerprint density at radius 3 is 2.15 bits per heavy atom. The Balaban J connectivity index is 2.11. The van der Waals surface area contributed by atoms with Gasteiger partial charge in [-0.15, -0.1) is 0 Å². The molecule has 130 valence electrons. The summed E-state index contributed by atoms with van der Waals surface area (Å²) in [4.78, 5) is 0.218. The molecule has 0 amide bonds. The van der Waals surface area contributed by atoms with Crippen molar-refractivity contribution >= 4 is 15.7 Å². The quantitative estimate of drug-likeness (QED) is 0.681. The van der Waals surface area contributed by atoms with E-state index in [1.807, 2.05) is 19.1 Å². The van der Waals surface area contributed by atoms with Crippen LogP contribution in [0.15, 0.2) is 83.8 Å². The average Bonchev–Trinajstić information content (AvgIpc) is 2.68. The van der Waals surface area contributed by atoms with E-state index in [0.717, 1.165) is 5.56 Å². The Morgan fingerprint density at radius 1 is 0.885 bits per heavy atom. The summed E-state index contributed by atoms with van der Waals surface area (Å²) in [6, 6.07) is 24.8. The monoisotopic (exact) mass is 362 g/mol. The van der Waals surface area contributed by atoms with Crippen molar-refractivity contribution < 1.29 is 8.42 Å². The van der Waals surface area contributed by atoms with E-state index < -0.39 is 10.0 Å². The first-order valence-corrected chi connectivity index (χ1v) is 9.59. The van der Waals surface area contributed by atoms with Crippen LogP contribution in [-0.4, -0.2) is 8.42 Å². The van der Waals surface area contributed by atoms with E-state index in [2.05, 4.69) is 6.07 Å². The number of hydrogen-bond donors (Lipinski definition) is 0. The second kappa shape index (κ2) is 7.42. The third kappa shape index (κ3) is 3.61. The molecule has 0 saturated heterocycles. The molecule has 0 aliphatic heterocycles. The molecule has 0 unspecified atom stereocenters. The zero-order valence-electron chi connectivity index (χ0n) is 14.3. The normalized spacial score (nSPS) is 10.9. The smallest absolute Gasteiger partial charge is 0.262 e. The van der Waals surface area contributed by atoms with Crippen molar-refractivity contribution in [3.63, 3.8) is 0 Å². The van der Waals surface area contributed by atoms with Crippen LogP contribution in [0.3, 0.4) is 0 Å². The topological polar surface area (TPSA) is 61.2 Å². The van der Waals surface area contributed by atoms with Crippen molar-refractivity contribution in [1.82, 2.24) is 0 Å². The summed E-state index contributed by atoms with van der Waals surface area (Å²) in [5.41, 5.74) is 2.73. The van der Waals surface area contributed by atoms with Crippen molar-refractivity contribution in [3.05, 3.63) is 95.6 Å². The summed E-state index contributed by atoms with van der Waals surface area (Å²) in [6.45, 7) is 2.04. The van der Waals surface area contributed by atoms with Gasteiger partial charge in [-0.1, -0.05) is 54.1 Å². The lowest BCUT2D eigenvalue weighted by atomic mass is 10.1. The van der Waals surface area contributed by atoms with Crippen molar-refractivity contribution in [2.75, 3.05) is 4.31 Å². The fourth-order valence-corrected chi connectivity index (χ4v) is 4.13. The maximum Gasteiger partial charge on any atom is 0.264 e. The summed E-state index contributed by atoms with van der Waals surface area (Å²) in [5.74, 6) is 0. The molecule has 0 saturated carbocycles. The molecule has 0 N–H and O–H groups in total. The van der Waals surface area contributed by atoms with E-state index in [-0.39, 0.29) is 11.4 Å². The molecular formula is C21H18N2O2S. The molecule has 0 aliphatic carbocycles. The minimum atomic E-state index is -3.77. The predicted octanol–water partition coefficient (Wildman–Crippen LogP) is 4.26. The molecule has 0 heterocycles. The molecule has 4 nitrogen and oxygen atoms in total. The van der Waals surface area contributed by atoms with E-state index in [4.69, 9.17) is 0 Å². The van der Waals surface area contributed by atoms with Crippen LogP contribution < -0.4 is 4.31 Å². The van der Waals surface area contributed by atoms with Crippen LogP contribution in [0.1, 0.15) is 16.7 Å². The van der Waals surface area contributed by atoms with E-state index in [1.54, 1.807) is 66.7 Å². The highest BCUT2D eigenvalue weighted by Crippen LogP contribution is 2.27. The molecular weight excluding hydrogens is 344 g/mol. The lowest BCUT2D eigenvalue weighted by Gasteiger charge is -2.25. The van der Waals surface area contributed by atoms with Crippen LogP contribution >= 0.6 is 0 Å². The molecule has 3 aromatic carbocycles. The van der Waals surface area contributed by atoms with Crippen molar-refractivity contribution in [2.24, 2.45) is 0 Å². The summed E-state index contributed by atoms with van der Waals surface area (Å²) in [6.07, 6.45) is 0. The van der Waals surface area contributed by atoms with Crippen molar-refractivity contribution in [3.8, 4) is 6.07 Å². The molecule has 0 aliphatic rings. The highest BCUT2D eigenvalue weighted by Gasteiger charge is 2.25. The summed E-state index contributed by atoms with van der Waals surface area (Å²) < 4.78 is 27.9. The second-order valence-corrected chi connectivity index (χ2v) is 7.79. The fourth-order valence-electron chi connectivity index (χ4n) is 2.67. The molecule has 3 rings (SSSR count). The first-order valence-electron chi connectivity index (χ1n) is 8.15. The SMILES string of the molecule is Cc1ccc(N(Cc2ccccc2C#N)S(=O)(=O)c2ccccc2)cc1. The van der Waals surface area contributed by atoms with Gasteiger partial charge in [-0.05, 0) is 42.8 Å². The van der Waals surface area contributed by atoms with Gasteiger partial charge in [0.1, 0.15) is 0 Å². The summed E-state index contributed by atoms with van der Waals surface area (Å²) in [5, 5.41) is 9.34. The van der Waals surface area contributed by atoms with Gasteiger partial charge in [-0.2, -0.15) is 5.26 Å². The van der Waals surface area contributed by atoms with E-state index in [1.165, 1.54) is 4.31 Å². The van der Waals surface area contributed by atoms with Gasteiger partial charge in [-0.3, -0.25) is 4.31 Å². The molecule has 0 fully saturated rings. The number of nitrogens with zero attached hydrogens (tertiary/aromatic N) is 2.